The van der Waals surface area contributed by atoms with Gasteiger partial charge in [-0.3, -0.25) is 14.4 Å². The summed E-state index contributed by atoms with van der Waals surface area (Å²) in [7, 11) is 0. The van der Waals surface area contributed by atoms with Crippen molar-refractivity contribution in [2.75, 3.05) is 18.4 Å². The van der Waals surface area contributed by atoms with E-state index in [1.54, 1.807) is 23.1 Å². The lowest BCUT2D eigenvalue weighted by molar-refractivity contribution is -0.116. The van der Waals surface area contributed by atoms with Gasteiger partial charge in [-0.05, 0) is 48.7 Å². The number of likely N-dealkylation sites (tertiary alicyclic amines) is 1. The van der Waals surface area contributed by atoms with Gasteiger partial charge in [0, 0.05) is 48.6 Å². The molecule has 3 aliphatic rings. The minimum atomic E-state index is -0.656. The number of benzene rings is 2. The molecule has 1 fully saturated rings. The zero-order chi connectivity index (χ0) is 22.5. The number of hydrogen-bond donors (Lipinski definition) is 1. The first-order valence-electron chi connectivity index (χ1n) is 10.8. The number of ether oxygens (including phenoxy) is 1. The monoisotopic (exact) mass is 472 g/mol. The van der Waals surface area contributed by atoms with Gasteiger partial charge in [0.15, 0.2) is 5.78 Å². The number of ketones is 1. The molecule has 0 bridgehead atoms. The fraction of sp³-hybridized carbons (Fsp3) is 0.375. The molecule has 1 spiro atoms. The molecule has 2 amide bonds. The lowest BCUT2D eigenvalue weighted by atomic mass is 9.82. The SMILES string of the molecule is O=C1CCCc2cc(C(=O)N3CCC4(CC3)CC(=O)c3cc(Cl)cc(Cl)c3O4)ccc2N1. The second-order valence-electron chi connectivity index (χ2n) is 8.72. The topological polar surface area (TPSA) is 75.7 Å². The Balaban J connectivity index is 1.31. The van der Waals surface area contributed by atoms with Crippen molar-refractivity contribution < 1.29 is 19.1 Å². The summed E-state index contributed by atoms with van der Waals surface area (Å²) < 4.78 is 6.26. The van der Waals surface area contributed by atoms with Gasteiger partial charge >= 0.3 is 0 Å². The molecular weight excluding hydrogens is 451 g/mol. The predicted octanol–water partition coefficient (Wildman–Crippen LogP) is 4.91. The third kappa shape index (κ3) is 3.86. The summed E-state index contributed by atoms with van der Waals surface area (Å²) >= 11 is 12.3. The summed E-state index contributed by atoms with van der Waals surface area (Å²) in [5.74, 6) is 0.309. The summed E-state index contributed by atoms with van der Waals surface area (Å²) in [6.07, 6.45) is 3.36. The number of piperidine rings is 1. The molecule has 0 saturated carbocycles. The van der Waals surface area contributed by atoms with Gasteiger partial charge in [-0.2, -0.15) is 0 Å². The first-order valence-corrected chi connectivity index (χ1v) is 11.5. The Morgan fingerprint density at radius 2 is 1.84 bits per heavy atom. The standard InChI is InChI=1S/C24H22Cl2N2O4/c25-16-11-17-20(29)13-24(32-22(17)18(26)12-16)6-8-28(9-7-24)23(31)15-4-5-19-14(10-15)2-1-3-21(30)27-19/h4-5,10-12H,1-3,6-9,13H2,(H,27,30). The number of anilines is 1. The fourth-order valence-electron chi connectivity index (χ4n) is 4.80. The molecule has 6 nitrogen and oxygen atoms in total. The van der Waals surface area contributed by atoms with E-state index in [1.807, 2.05) is 12.1 Å². The number of carbonyl (C=O) groups is 3. The van der Waals surface area contributed by atoms with Gasteiger partial charge in [-0.25, -0.2) is 0 Å². The maximum atomic E-state index is 13.2. The van der Waals surface area contributed by atoms with E-state index in [9.17, 15) is 14.4 Å². The first kappa shape index (κ1) is 21.3. The number of amides is 2. The van der Waals surface area contributed by atoms with Crippen LogP contribution in [-0.4, -0.2) is 41.2 Å². The highest BCUT2D eigenvalue weighted by Crippen LogP contribution is 2.44. The summed E-state index contributed by atoms with van der Waals surface area (Å²) in [5, 5.41) is 3.63. The molecule has 3 heterocycles. The highest BCUT2D eigenvalue weighted by molar-refractivity contribution is 6.36. The number of rotatable bonds is 1. The molecule has 2 aromatic rings. The zero-order valence-corrected chi connectivity index (χ0v) is 18.9. The Morgan fingerprint density at radius 3 is 2.62 bits per heavy atom. The largest absolute Gasteiger partial charge is 0.484 e. The van der Waals surface area contributed by atoms with Crippen molar-refractivity contribution in [3.05, 3.63) is 57.1 Å². The van der Waals surface area contributed by atoms with Crippen LogP contribution in [0, 0.1) is 0 Å². The van der Waals surface area contributed by atoms with Gasteiger partial charge in [0.1, 0.15) is 11.4 Å². The maximum Gasteiger partial charge on any atom is 0.253 e. The van der Waals surface area contributed by atoms with Crippen LogP contribution in [0.25, 0.3) is 0 Å². The Hall–Kier alpha value is -2.57. The molecule has 0 radical (unpaired) electrons. The van der Waals surface area contributed by atoms with Crippen LogP contribution in [0.2, 0.25) is 10.0 Å². The molecule has 0 aliphatic carbocycles. The van der Waals surface area contributed by atoms with Crippen molar-refractivity contribution in [1.82, 2.24) is 4.90 Å². The molecule has 1 N–H and O–H groups in total. The quantitative estimate of drug-likeness (QED) is 0.639. The fourth-order valence-corrected chi connectivity index (χ4v) is 5.33. The van der Waals surface area contributed by atoms with Crippen LogP contribution < -0.4 is 10.1 Å². The number of hydrogen-bond acceptors (Lipinski definition) is 4. The van der Waals surface area contributed by atoms with Crippen molar-refractivity contribution >= 4 is 46.5 Å². The minimum Gasteiger partial charge on any atom is -0.484 e. The van der Waals surface area contributed by atoms with Gasteiger partial charge in [-0.1, -0.05) is 23.2 Å². The normalized spacial score (nSPS) is 19.5. The highest BCUT2D eigenvalue weighted by atomic mass is 35.5. The second kappa shape index (κ2) is 8.09. The summed E-state index contributed by atoms with van der Waals surface area (Å²) in [6.45, 7) is 0.973. The Labute approximate surface area is 195 Å². The minimum absolute atomic E-state index is 0.00938. The Bertz CT molecular complexity index is 1140. The van der Waals surface area contributed by atoms with Crippen molar-refractivity contribution in [2.45, 2.75) is 44.1 Å². The molecular formula is C24H22Cl2N2O4. The molecule has 0 atom stereocenters. The average molecular weight is 473 g/mol. The molecule has 0 aromatic heterocycles. The van der Waals surface area contributed by atoms with Crippen LogP contribution in [0.4, 0.5) is 5.69 Å². The zero-order valence-electron chi connectivity index (χ0n) is 17.4. The van der Waals surface area contributed by atoms with Crippen LogP contribution in [0.1, 0.15) is 58.4 Å². The lowest BCUT2D eigenvalue weighted by Crippen LogP contribution is -2.52. The number of aryl methyl sites for hydroxylation is 1. The van der Waals surface area contributed by atoms with E-state index in [2.05, 4.69) is 5.32 Å². The number of carbonyl (C=O) groups excluding carboxylic acids is 3. The van der Waals surface area contributed by atoms with Gasteiger partial charge in [0.25, 0.3) is 5.91 Å². The van der Waals surface area contributed by atoms with E-state index in [1.165, 1.54) is 0 Å². The van der Waals surface area contributed by atoms with Crippen LogP contribution in [0.3, 0.4) is 0 Å². The molecule has 1 saturated heterocycles. The summed E-state index contributed by atoms with van der Waals surface area (Å²) in [4.78, 5) is 39.5. The highest BCUT2D eigenvalue weighted by Gasteiger charge is 2.44. The number of fused-ring (bicyclic) bond motifs is 2. The molecule has 8 heteroatoms. The van der Waals surface area contributed by atoms with Crippen LogP contribution in [0.5, 0.6) is 5.75 Å². The molecule has 32 heavy (non-hydrogen) atoms. The van der Waals surface area contributed by atoms with Gasteiger partial charge in [0.2, 0.25) is 5.91 Å². The van der Waals surface area contributed by atoms with Crippen LogP contribution in [0.15, 0.2) is 30.3 Å². The smallest absolute Gasteiger partial charge is 0.253 e. The van der Waals surface area contributed by atoms with Crippen LogP contribution in [-0.2, 0) is 11.2 Å². The number of nitrogens with one attached hydrogen (secondary N) is 1. The molecule has 3 aliphatic heterocycles. The number of nitrogens with zero attached hydrogens (tertiary/aromatic N) is 1. The maximum absolute atomic E-state index is 13.2. The van der Waals surface area contributed by atoms with Gasteiger partial charge < -0.3 is 15.0 Å². The van der Waals surface area contributed by atoms with E-state index in [0.717, 1.165) is 24.1 Å². The van der Waals surface area contributed by atoms with E-state index >= 15 is 0 Å². The third-order valence-electron chi connectivity index (χ3n) is 6.55. The van der Waals surface area contributed by atoms with Crippen molar-refractivity contribution in [3.63, 3.8) is 0 Å². The van der Waals surface area contributed by atoms with E-state index in [-0.39, 0.29) is 24.0 Å². The molecule has 5 rings (SSSR count). The van der Waals surface area contributed by atoms with E-state index < -0.39 is 5.60 Å². The lowest BCUT2D eigenvalue weighted by Gasteiger charge is -2.44. The summed E-state index contributed by atoms with van der Waals surface area (Å²) in [6, 6.07) is 8.63. The average Bonchev–Trinajstić information content (AvgIpc) is 2.95. The Morgan fingerprint density at radius 1 is 1.06 bits per heavy atom. The van der Waals surface area contributed by atoms with Crippen molar-refractivity contribution in [3.8, 4) is 5.75 Å². The molecule has 0 unspecified atom stereocenters. The van der Waals surface area contributed by atoms with E-state index in [0.29, 0.717) is 59.3 Å². The number of halogens is 2. The van der Waals surface area contributed by atoms with Gasteiger partial charge in [-0.15, -0.1) is 0 Å². The van der Waals surface area contributed by atoms with Crippen LogP contribution >= 0.6 is 23.2 Å². The third-order valence-corrected chi connectivity index (χ3v) is 7.05. The first-order chi connectivity index (χ1) is 15.3. The Kier molecular flexibility index (Phi) is 5.38. The second-order valence-corrected chi connectivity index (χ2v) is 9.56. The predicted molar refractivity (Wildman–Crippen MR) is 122 cm³/mol. The van der Waals surface area contributed by atoms with Crippen molar-refractivity contribution in [2.24, 2.45) is 0 Å². The van der Waals surface area contributed by atoms with E-state index in [4.69, 9.17) is 27.9 Å². The summed E-state index contributed by atoms with van der Waals surface area (Å²) in [5.41, 5.74) is 2.15. The molecule has 2 aromatic carbocycles. The number of Topliss-reactive ketones (excluding diaryl/α,β-unsaturated/α-hetero) is 1. The van der Waals surface area contributed by atoms with Crippen molar-refractivity contribution in [1.29, 1.82) is 0 Å². The molecule has 166 valence electrons. The van der Waals surface area contributed by atoms with Gasteiger partial charge in [0.05, 0.1) is 17.0 Å².